The first-order valence-corrected chi connectivity index (χ1v) is 14.0. The third-order valence-corrected chi connectivity index (χ3v) is 9.92. The van der Waals surface area contributed by atoms with E-state index in [2.05, 4.69) is 29.0 Å². The number of carbonyl (C=O) groups excluding carboxylic acids is 3. The molecule has 0 radical (unpaired) electrons. The summed E-state index contributed by atoms with van der Waals surface area (Å²) < 4.78 is 7.52. The van der Waals surface area contributed by atoms with E-state index in [0.717, 1.165) is 35.1 Å². The topological polar surface area (TPSA) is 271 Å². The number of β-lactam (4-membered cyclic amide) rings is 1. The Morgan fingerprint density at radius 2 is 2.00 bits per heavy atom. The molecule has 2 aliphatic heterocycles. The summed E-state index contributed by atoms with van der Waals surface area (Å²) >= 11 is 3.38. The van der Waals surface area contributed by atoms with Gasteiger partial charge in [-0.15, -0.1) is 23.5 Å². The molecule has 208 valence electrons. The Balaban J connectivity index is 0.00000441. The van der Waals surface area contributed by atoms with Gasteiger partial charge in [0.15, 0.2) is 5.13 Å². The van der Waals surface area contributed by atoms with Gasteiger partial charge < -0.3 is 46.0 Å². The van der Waals surface area contributed by atoms with Crippen molar-refractivity contribution in [2.24, 2.45) is 10.6 Å². The summed E-state index contributed by atoms with van der Waals surface area (Å²) in [5.74, 6) is -6.92. The normalized spacial score (nSPS) is 21.9. The molecule has 2 fully saturated rings. The van der Waals surface area contributed by atoms with Crippen molar-refractivity contribution in [1.29, 1.82) is 0 Å². The molecule has 6 N–H and O–H groups in total. The van der Waals surface area contributed by atoms with Crippen LogP contribution in [0, 0.1) is 5.41 Å². The van der Waals surface area contributed by atoms with Crippen LogP contribution < -0.4 is 45.7 Å². The Kier molecular flexibility index (Phi) is 10.2. The van der Waals surface area contributed by atoms with E-state index in [1.165, 1.54) is 4.90 Å². The first kappa shape index (κ1) is 31.8. The van der Waals surface area contributed by atoms with Gasteiger partial charge in [-0.05, 0) is 11.5 Å². The van der Waals surface area contributed by atoms with Crippen LogP contribution in [0.2, 0.25) is 0 Å². The van der Waals surface area contributed by atoms with Gasteiger partial charge in [-0.1, -0.05) is 5.16 Å². The van der Waals surface area contributed by atoms with Crippen LogP contribution >= 0.6 is 46.6 Å². The molecular formula is C18H16N7NaO10S4. The number of nitrogen functional groups attached to an aromatic ring is 1. The number of aromatic nitrogens is 3. The zero-order chi connectivity index (χ0) is 28.5. The molecule has 0 saturated carbocycles. The van der Waals surface area contributed by atoms with Gasteiger partial charge in [0, 0.05) is 35.0 Å². The number of rotatable bonds is 11. The number of anilines is 1. The number of carboxylic acids is 3. The van der Waals surface area contributed by atoms with Gasteiger partial charge in [0.05, 0.1) is 10.2 Å². The number of fused-ring (bicyclic) bond motifs is 1. The van der Waals surface area contributed by atoms with Crippen LogP contribution in [-0.4, -0.2) is 105 Å². The molecule has 2 aromatic heterocycles. The maximum Gasteiger partial charge on any atom is 1.00 e. The van der Waals surface area contributed by atoms with Gasteiger partial charge in [0.25, 0.3) is 5.91 Å². The summed E-state index contributed by atoms with van der Waals surface area (Å²) in [6.45, 7) is -1.13. The molecule has 22 heteroatoms. The van der Waals surface area contributed by atoms with Crippen LogP contribution in [0.1, 0.15) is 16.2 Å². The zero-order valence-electron chi connectivity index (χ0n) is 20.1. The first-order valence-electron chi connectivity index (χ1n) is 10.4. The molecule has 2 aliphatic rings. The van der Waals surface area contributed by atoms with Crippen LogP contribution in [0.5, 0.6) is 5.88 Å². The predicted molar refractivity (Wildman–Crippen MR) is 133 cm³/mol. The van der Waals surface area contributed by atoms with Crippen molar-refractivity contribution >= 4 is 87.2 Å². The number of aliphatic carboxylic acids is 2. The quantitative estimate of drug-likeness (QED) is 0.0504. The van der Waals surface area contributed by atoms with Gasteiger partial charge >= 0.3 is 41.5 Å². The van der Waals surface area contributed by atoms with E-state index in [-0.39, 0.29) is 62.8 Å². The number of nitrogens with one attached hydrogen (secondary N) is 1. The molecular weight excluding hydrogens is 625 g/mol. The van der Waals surface area contributed by atoms with E-state index in [0.29, 0.717) is 11.5 Å². The molecule has 2 saturated heterocycles. The minimum absolute atomic E-state index is 0. The van der Waals surface area contributed by atoms with Crippen molar-refractivity contribution in [2.75, 3.05) is 30.4 Å². The standard InChI is InChI=1S/C18H17N7O10S4.Na/c19-17-21-9(23-39-17)7(22-35-1-5(26)27)11(29)20-8-12(30)25-2-18(16(33)34,3-36-13(8)25)4-37-15-6(14(31)32)10(28)24-38-15;/h8,13H,1-4H2,(H,20,29)(H,24,28)(H,26,27)(H,31,32)(H,33,34)(H2,19,21,23);/q;+1/p-1/t8?,13-,18?;/m1./s1. The Hall–Kier alpha value is -2.69. The van der Waals surface area contributed by atoms with Crippen LogP contribution in [0.15, 0.2) is 9.36 Å². The second kappa shape index (κ2) is 12.9. The maximum atomic E-state index is 12.9. The molecule has 40 heavy (non-hydrogen) atoms. The minimum atomic E-state index is -1.56. The number of nitrogens with two attached hydrogens (primary N) is 1. The van der Waals surface area contributed by atoms with Crippen LogP contribution in [0.4, 0.5) is 5.13 Å². The monoisotopic (exact) mass is 641 g/mol. The first-order chi connectivity index (χ1) is 18.4. The SMILES string of the molecule is Nc1nc(C(=NOCC(=O)O)C(=O)NC2C(=O)N3CC(CSc4snc(O)c4C(=O)O)(C(=O)[O-])CS[C@H]23)ns1.[Na+]. The molecule has 3 atom stereocenters. The molecule has 17 nitrogen and oxygen atoms in total. The van der Waals surface area contributed by atoms with Crippen molar-refractivity contribution in [1.82, 2.24) is 23.9 Å². The Morgan fingerprint density at radius 3 is 2.60 bits per heavy atom. The van der Waals surface area contributed by atoms with E-state index in [9.17, 15) is 39.3 Å². The number of oxime groups is 1. The minimum Gasteiger partial charge on any atom is -0.549 e. The van der Waals surface area contributed by atoms with E-state index >= 15 is 0 Å². The molecule has 2 unspecified atom stereocenters. The summed E-state index contributed by atoms with van der Waals surface area (Å²) in [6.07, 6.45) is 0. The molecule has 0 spiro atoms. The van der Waals surface area contributed by atoms with Crippen LogP contribution in [-0.2, 0) is 24.0 Å². The smallest absolute Gasteiger partial charge is 0.549 e. The number of nitrogens with zero attached hydrogens (tertiary/aromatic N) is 5. The number of hydrogen-bond acceptors (Lipinski definition) is 17. The fourth-order valence-corrected chi connectivity index (χ4v) is 7.70. The summed E-state index contributed by atoms with van der Waals surface area (Å²) in [7, 11) is 0. The summed E-state index contributed by atoms with van der Waals surface area (Å²) in [4.78, 5) is 69.7. The third kappa shape index (κ3) is 6.44. The summed E-state index contributed by atoms with van der Waals surface area (Å²) in [6, 6.07) is -1.08. The predicted octanol–water partition coefficient (Wildman–Crippen LogP) is -5.28. The van der Waals surface area contributed by atoms with Crippen LogP contribution in [0.25, 0.3) is 0 Å². The maximum absolute atomic E-state index is 12.9. The van der Waals surface area contributed by atoms with Gasteiger partial charge in [-0.2, -0.15) is 13.7 Å². The number of aromatic hydroxyl groups is 1. The zero-order valence-corrected chi connectivity index (χ0v) is 25.4. The van der Waals surface area contributed by atoms with Crippen molar-refractivity contribution in [2.45, 2.75) is 15.6 Å². The molecule has 0 bridgehead atoms. The summed E-state index contributed by atoms with van der Waals surface area (Å²) in [5, 5.41) is 45.1. The third-order valence-electron chi connectivity index (χ3n) is 5.41. The second-order valence-corrected chi connectivity index (χ2v) is 11.9. The Bertz CT molecular complexity index is 1390. The number of carboxylic acid groups (broad SMARTS) is 3. The molecule has 0 aromatic carbocycles. The van der Waals surface area contributed by atoms with Gasteiger partial charge in [-0.3, -0.25) is 9.59 Å². The molecule has 2 amide bonds. The average molecular weight is 642 g/mol. The van der Waals surface area contributed by atoms with E-state index < -0.39 is 70.3 Å². The average Bonchev–Trinajstić information content (AvgIpc) is 3.48. The van der Waals surface area contributed by atoms with Gasteiger partial charge in [0.1, 0.15) is 17.0 Å². The number of amides is 2. The van der Waals surface area contributed by atoms with Gasteiger partial charge in [0.2, 0.25) is 29.9 Å². The second-order valence-electron chi connectivity index (χ2n) is 8.01. The Labute approximate surface area is 262 Å². The molecule has 0 aliphatic carbocycles. The fourth-order valence-electron chi connectivity index (χ4n) is 3.53. The molecule has 4 rings (SSSR count). The Morgan fingerprint density at radius 1 is 1.27 bits per heavy atom. The number of hydrogen-bond donors (Lipinski definition) is 5. The van der Waals surface area contributed by atoms with E-state index in [1.807, 2.05) is 0 Å². The van der Waals surface area contributed by atoms with Crippen molar-refractivity contribution < 1.29 is 78.8 Å². The number of thioether (sulfide) groups is 2. The van der Waals surface area contributed by atoms with Crippen molar-refractivity contribution in [3.8, 4) is 5.88 Å². The summed E-state index contributed by atoms with van der Waals surface area (Å²) in [5.41, 5.74) is 3.02. The van der Waals surface area contributed by atoms with E-state index in [1.54, 1.807) is 0 Å². The molecule has 4 heterocycles. The largest absolute Gasteiger partial charge is 1.00 e. The van der Waals surface area contributed by atoms with E-state index in [4.69, 9.17) is 10.8 Å². The van der Waals surface area contributed by atoms with Crippen molar-refractivity contribution in [3.63, 3.8) is 0 Å². The molecule has 2 aromatic rings. The number of aromatic carboxylic acids is 1. The van der Waals surface area contributed by atoms with Crippen LogP contribution in [0.3, 0.4) is 0 Å². The van der Waals surface area contributed by atoms with Gasteiger partial charge in [-0.25, -0.2) is 9.59 Å². The fraction of sp³-hybridized carbons (Fsp3) is 0.389. The van der Waals surface area contributed by atoms with Crippen molar-refractivity contribution in [3.05, 3.63) is 11.4 Å². The number of carbonyl (C=O) groups is 5.